The predicted molar refractivity (Wildman–Crippen MR) is 192 cm³/mol. The Hall–Kier alpha value is -4.26. The summed E-state index contributed by atoms with van der Waals surface area (Å²) >= 11 is 0. The Morgan fingerprint density at radius 1 is 0.787 bits per heavy atom. The first-order chi connectivity index (χ1) is 22.4. The van der Waals surface area contributed by atoms with Crippen LogP contribution in [0.1, 0.15) is 61.3 Å². The number of methoxy groups -OCH3 is 2. The van der Waals surface area contributed by atoms with Gasteiger partial charge >= 0.3 is 11.9 Å². The molecule has 0 N–H and O–H groups in total. The highest BCUT2D eigenvalue weighted by molar-refractivity contribution is 6.74. The number of benzene rings is 4. The molecule has 1 fully saturated rings. The number of ether oxygens (including phenoxy) is 2. The molecule has 0 aromatic heterocycles. The van der Waals surface area contributed by atoms with Crippen LogP contribution in [0.25, 0.3) is 17.2 Å². The Labute approximate surface area is 280 Å². The van der Waals surface area contributed by atoms with E-state index in [4.69, 9.17) is 13.9 Å². The zero-order valence-electron chi connectivity index (χ0n) is 28.5. The molecule has 0 spiro atoms. The lowest BCUT2D eigenvalue weighted by molar-refractivity contribution is -0.145. The van der Waals surface area contributed by atoms with Gasteiger partial charge in [0.15, 0.2) is 8.32 Å². The summed E-state index contributed by atoms with van der Waals surface area (Å²) in [5.41, 5.74) is 5.32. The normalized spacial score (nSPS) is 19.2. The molecule has 0 heterocycles. The maximum Gasteiger partial charge on any atom is 0.316 e. The summed E-state index contributed by atoms with van der Waals surface area (Å²) in [7, 11) is 0.620. The largest absolute Gasteiger partial charge is 0.468 e. The third-order valence-corrected chi connectivity index (χ3v) is 14.5. The predicted octanol–water partition coefficient (Wildman–Crippen LogP) is 9.31. The van der Waals surface area contributed by atoms with Crippen molar-refractivity contribution in [1.82, 2.24) is 0 Å². The van der Waals surface area contributed by atoms with E-state index >= 15 is 0 Å². The van der Waals surface area contributed by atoms with E-state index in [0.717, 1.165) is 39.8 Å². The van der Waals surface area contributed by atoms with Crippen LogP contribution in [0.3, 0.4) is 0 Å². The van der Waals surface area contributed by atoms with Crippen molar-refractivity contribution < 1.29 is 23.5 Å². The Morgan fingerprint density at radius 2 is 1.34 bits per heavy atom. The van der Waals surface area contributed by atoms with Crippen molar-refractivity contribution in [2.24, 2.45) is 0 Å². The van der Waals surface area contributed by atoms with Crippen LogP contribution in [0.2, 0.25) is 18.1 Å². The van der Waals surface area contributed by atoms with Crippen LogP contribution in [-0.2, 0) is 28.9 Å². The zero-order chi connectivity index (χ0) is 33.8. The fourth-order valence-corrected chi connectivity index (χ4v) is 7.38. The second-order valence-corrected chi connectivity index (χ2v) is 18.7. The van der Waals surface area contributed by atoms with Gasteiger partial charge in [-0.3, -0.25) is 9.59 Å². The van der Waals surface area contributed by atoms with E-state index in [0.29, 0.717) is 0 Å². The lowest BCUT2D eigenvalue weighted by Crippen LogP contribution is -2.46. The Morgan fingerprint density at radius 3 is 1.87 bits per heavy atom. The van der Waals surface area contributed by atoms with E-state index < -0.39 is 25.8 Å². The van der Waals surface area contributed by atoms with Crippen molar-refractivity contribution in [3.63, 3.8) is 0 Å². The first-order valence-corrected chi connectivity index (χ1v) is 19.2. The van der Waals surface area contributed by atoms with E-state index in [1.54, 1.807) is 0 Å². The van der Waals surface area contributed by atoms with Crippen LogP contribution >= 0.6 is 0 Å². The zero-order valence-corrected chi connectivity index (χ0v) is 29.5. The van der Waals surface area contributed by atoms with E-state index in [2.05, 4.69) is 58.1 Å². The van der Waals surface area contributed by atoms with Gasteiger partial charge in [0.1, 0.15) is 11.3 Å². The van der Waals surface area contributed by atoms with E-state index in [9.17, 15) is 9.59 Å². The highest BCUT2D eigenvalue weighted by atomic mass is 28.4. The molecule has 5 rings (SSSR count). The summed E-state index contributed by atoms with van der Waals surface area (Å²) < 4.78 is 17.6. The van der Waals surface area contributed by atoms with E-state index in [1.165, 1.54) is 14.2 Å². The molecule has 0 saturated heterocycles. The van der Waals surface area contributed by atoms with Crippen molar-refractivity contribution in [2.75, 3.05) is 14.2 Å². The van der Waals surface area contributed by atoms with E-state index in [-0.39, 0.29) is 22.9 Å². The van der Waals surface area contributed by atoms with Crippen LogP contribution in [-0.4, -0.2) is 40.6 Å². The Bertz CT molecular complexity index is 1690. The minimum absolute atomic E-state index is 0.0451. The first-order valence-electron chi connectivity index (χ1n) is 16.2. The summed E-state index contributed by atoms with van der Waals surface area (Å²) in [5.74, 6) is -1.09. The van der Waals surface area contributed by atoms with Crippen molar-refractivity contribution in [3.05, 3.63) is 138 Å². The molecule has 0 unspecified atom stereocenters. The number of hydrogen-bond donors (Lipinski definition) is 0. The minimum atomic E-state index is -2.27. The van der Waals surface area contributed by atoms with Crippen LogP contribution in [0.4, 0.5) is 0 Å². The molecule has 5 nitrogen and oxygen atoms in total. The average Bonchev–Trinajstić information content (AvgIpc) is 3.84. The van der Waals surface area contributed by atoms with Crippen LogP contribution < -0.4 is 0 Å². The summed E-state index contributed by atoms with van der Waals surface area (Å²) in [5, 5.41) is -0.0451. The Kier molecular flexibility index (Phi) is 10.0. The smallest absolute Gasteiger partial charge is 0.316 e. The molecule has 4 aromatic carbocycles. The van der Waals surface area contributed by atoms with Crippen molar-refractivity contribution in [1.29, 1.82) is 0 Å². The summed E-state index contributed by atoms with van der Waals surface area (Å²) in [4.78, 5) is 26.5. The molecule has 47 heavy (non-hydrogen) atoms. The third-order valence-electron chi connectivity index (χ3n) is 10.0. The average molecular weight is 647 g/mol. The van der Waals surface area contributed by atoms with Gasteiger partial charge in [-0.2, -0.15) is 0 Å². The fraction of sp³-hybridized carbons (Fsp3) is 0.317. The van der Waals surface area contributed by atoms with Crippen LogP contribution in [0.15, 0.2) is 115 Å². The maximum atomic E-state index is 13.4. The van der Waals surface area contributed by atoms with Gasteiger partial charge in [-0.25, -0.2) is 0 Å². The number of carbonyl (C=O) groups excluding carboxylic acids is 2. The highest BCUT2D eigenvalue weighted by Crippen LogP contribution is 2.61. The molecule has 6 heteroatoms. The standard InChI is InChI=1S/C41H46O5Si/c1-40(2,3)47(6,7)46-36(27-18-29-14-10-8-11-15-29)37(38(42)44-4)33-21-19-30(20-22-33)31-23-25-34(26-24-31)41(39(43)45-5)28-35(41)32-16-12-9-13-17-32/h8-27,35-37H,28H2,1-7H3/b27-18+/t35-,36+,37-,41-/m0/s1. The molecule has 0 radical (unpaired) electrons. The van der Waals surface area contributed by atoms with Gasteiger partial charge < -0.3 is 13.9 Å². The first kappa shape index (κ1) is 34.1. The lowest BCUT2D eigenvalue weighted by Gasteiger charge is -2.40. The number of hydrogen-bond acceptors (Lipinski definition) is 5. The van der Waals surface area contributed by atoms with Gasteiger partial charge in [0.2, 0.25) is 0 Å². The molecule has 4 atom stereocenters. The van der Waals surface area contributed by atoms with Gasteiger partial charge in [-0.15, -0.1) is 0 Å². The van der Waals surface area contributed by atoms with Gasteiger partial charge in [0.05, 0.1) is 20.3 Å². The highest BCUT2D eigenvalue weighted by Gasteiger charge is 2.62. The number of rotatable bonds is 11. The van der Waals surface area contributed by atoms with Gasteiger partial charge in [0, 0.05) is 5.92 Å². The molecule has 0 bridgehead atoms. The van der Waals surface area contributed by atoms with Crippen LogP contribution in [0, 0.1) is 0 Å². The summed E-state index contributed by atoms with van der Waals surface area (Å²) in [6.07, 6.45) is 4.23. The maximum absolute atomic E-state index is 13.4. The molecule has 1 aliphatic rings. The van der Waals surface area contributed by atoms with Gasteiger partial charge in [-0.1, -0.05) is 142 Å². The monoisotopic (exact) mass is 646 g/mol. The van der Waals surface area contributed by atoms with Crippen molar-refractivity contribution in [2.45, 2.75) is 68.7 Å². The third kappa shape index (κ3) is 7.19. The lowest BCUT2D eigenvalue weighted by atomic mass is 9.88. The SMILES string of the molecule is COC(=O)[C@@H](c1ccc(-c2ccc([C@@]3(C(=O)OC)C[C@H]3c3ccccc3)cc2)cc1)[C@@H](/C=C/c1ccccc1)O[Si](C)(C)C(C)(C)C. The quantitative estimate of drug-likeness (QED) is 0.120. The molecular formula is C41H46O5Si. The molecular weight excluding hydrogens is 601 g/mol. The minimum Gasteiger partial charge on any atom is -0.468 e. The molecule has 1 aliphatic carbocycles. The number of carbonyl (C=O) groups is 2. The summed E-state index contributed by atoms with van der Waals surface area (Å²) in [6, 6.07) is 36.4. The Balaban J connectivity index is 1.44. The van der Waals surface area contributed by atoms with Crippen LogP contribution in [0.5, 0.6) is 0 Å². The molecule has 1 saturated carbocycles. The molecule has 0 aliphatic heterocycles. The van der Waals surface area contributed by atoms with Crippen molar-refractivity contribution in [3.8, 4) is 11.1 Å². The van der Waals surface area contributed by atoms with E-state index in [1.807, 2.05) is 97.1 Å². The molecule has 244 valence electrons. The summed E-state index contributed by atoms with van der Waals surface area (Å²) in [6.45, 7) is 11.0. The fourth-order valence-electron chi connectivity index (χ4n) is 6.13. The van der Waals surface area contributed by atoms with Gasteiger partial charge in [0.25, 0.3) is 0 Å². The second kappa shape index (κ2) is 13.8. The topological polar surface area (TPSA) is 61.8 Å². The second-order valence-electron chi connectivity index (χ2n) is 13.9. The van der Waals surface area contributed by atoms with Gasteiger partial charge in [-0.05, 0) is 57.9 Å². The molecule has 0 amide bonds. The van der Waals surface area contributed by atoms with Crippen molar-refractivity contribution >= 4 is 26.3 Å². The molecule has 4 aromatic rings. The number of esters is 2.